The number of anilines is 2. The van der Waals surface area contributed by atoms with Gasteiger partial charge in [0.15, 0.2) is 10.6 Å². The fourth-order valence-electron chi connectivity index (χ4n) is 3.76. The average Bonchev–Trinajstić information content (AvgIpc) is 3.34. The van der Waals surface area contributed by atoms with Gasteiger partial charge in [0.05, 0.1) is 15.9 Å². The lowest BCUT2D eigenvalue weighted by molar-refractivity contribution is -0.116. The van der Waals surface area contributed by atoms with Crippen LogP contribution < -0.4 is 15.5 Å². The molecule has 0 atom stereocenters. The van der Waals surface area contributed by atoms with Crippen LogP contribution in [0.4, 0.5) is 10.8 Å². The summed E-state index contributed by atoms with van der Waals surface area (Å²) in [4.78, 5) is 29.7. The summed E-state index contributed by atoms with van der Waals surface area (Å²) in [6.07, 6.45) is 1.51. The predicted molar refractivity (Wildman–Crippen MR) is 134 cm³/mol. The number of hydrogen-bond donors (Lipinski definition) is 2. The molecule has 0 aliphatic carbocycles. The first-order valence-corrected chi connectivity index (χ1v) is 12.6. The Bertz CT molecular complexity index is 1620. The van der Waals surface area contributed by atoms with E-state index in [-0.39, 0.29) is 27.9 Å². The largest absolute Gasteiger partial charge is 0.331 e. The third kappa shape index (κ3) is 4.16. The molecular weight excluding hydrogens is 472 g/mol. The summed E-state index contributed by atoms with van der Waals surface area (Å²) in [6, 6.07) is 20.2. The predicted octanol–water partition coefficient (Wildman–Crippen LogP) is 4.05. The third-order valence-corrected chi connectivity index (χ3v) is 7.46. The highest BCUT2D eigenvalue weighted by Crippen LogP contribution is 2.21. The van der Waals surface area contributed by atoms with Crippen molar-refractivity contribution >= 4 is 59.9 Å². The van der Waals surface area contributed by atoms with Crippen molar-refractivity contribution in [2.75, 3.05) is 10.0 Å². The number of thiazole rings is 1. The molecule has 5 aromatic rings. The molecule has 1 amide bonds. The number of amides is 1. The molecule has 0 bridgehead atoms. The number of fused-ring (bicyclic) bond motifs is 2. The van der Waals surface area contributed by atoms with Gasteiger partial charge in [-0.25, -0.2) is 13.4 Å². The van der Waals surface area contributed by atoms with Crippen molar-refractivity contribution in [1.29, 1.82) is 0 Å². The van der Waals surface area contributed by atoms with E-state index in [4.69, 9.17) is 0 Å². The van der Waals surface area contributed by atoms with Gasteiger partial charge in [0.1, 0.15) is 6.54 Å². The van der Waals surface area contributed by atoms with E-state index in [1.165, 1.54) is 41.8 Å². The van der Waals surface area contributed by atoms with Gasteiger partial charge in [0.25, 0.3) is 10.0 Å². The van der Waals surface area contributed by atoms with Gasteiger partial charge < -0.3 is 9.88 Å². The molecule has 0 radical (unpaired) electrons. The van der Waals surface area contributed by atoms with Crippen molar-refractivity contribution in [2.45, 2.75) is 11.4 Å². The average molecular weight is 491 g/mol. The number of hydrogen-bond acceptors (Lipinski definition) is 6. The molecule has 34 heavy (non-hydrogen) atoms. The first-order valence-electron chi connectivity index (χ1n) is 10.2. The number of nitrogens with zero attached hydrogens (tertiary/aromatic N) is 2. The molecule has 0 aliphatic rings. The molecule has 0 unspecified atom stereocenters. The zero-order chi connectivity index (χ0) is 23.7. The summed E-state index contributed by atoms with van der Waals surface area (Å²) in [6.45, 7) is -0.0209. The van der Waals surface area contributed by atoms with Crippen molar-refractivity contribution in [1.82, 2.24) is 9.55 Å². The Hall–Kier alpha value is -4.02. The van der Waals surface area contributed by atoms with Gasteiger partial charge in [0, 0.05) is 28.0 Å². The van der Waals surface area contributed by atoms with Crippen molar-refractivity contribution in [3.05, 3.63) is 94.6 Å². The van der Waals surface area contributed by atoms with Crippen LogP contribution in [0.5, 0.6) is 0 Å². The maximum absolute atomic E-state index is 12.9. The number of carbonyl (C=O) groups is 1. The molecule has 2 heterocycles. The maximum Gasteiger partial charge on any atom is 0.263 e. The normalized spacial score (nSPS) is 11.5. The number of benzene rings is 3. The Morgan fingerprint density at radius 1 is 0.912 bits per heavy atom. The quantitative estimate of drug-likeness (QED) is 0.349. The van der Waals surface area contributed by atoms with Crippen LogP contribution in [0.15, 0.2) is 94.1 Å². The van der Waals surface area contributed by atoms with E-state index >= 15 is 0 Å². The maximum atomic E-state index is 12.9. The Balaban J connectivity index is 1.40. The number of rotatable bonds is 6. The highest BCUT2D eigenvalue weighted by atomic mass is 32.2. The molecule has 3 aromatic carbocycles. The second kappa shape index (κ2) is 8.73. The van der Waals surface area contributed by atoms with Gasteiger partial charge in [-0.05, 0) is 48.5 Å². The van der Waals surface area contributed by atoms with Crippen LogP contribution in [0, 0.1) is 0 Å². The highest BCUT2D eigenvalue weighted by molar-refractivity contribution is 7.93. The van der Waals surface area contributed by atoms with Gasteiger partial charge in [-0.15, -0.1) is 11.3 Å². The topological polar surface area (TPSA) is 110 Å². The third-order valence-electron chi connectivity index (χ3n) is 5.28. The van der Waals surface area contributed by atoms with E-state index in [0.717, 1.165) is 0 Å². The van der Waals surface area contributed by atoms with Gasteiger partial charge in [-0.1, -0.05) is 24.3 Å². The summed E-state index contributed by atoms with van der Waals surface area (Å²) >= 11 is 1.18. The van der Waals surface area contributed by atoms with Crippen LogP contribution in [-0.2, 0) is 21.4 Å². The van der Waals surface area contributed by atoms with Crippen LogP contribution in [0.25, 0.3) is 21.8 Å². The minimum absolute atomic E-state index is 0.0209. The fourth-order valence-corrected chi connectivity index (χ4v) is 5.55. The number of sulfonamides is 1. The Morgan fingerprint density at radius 2 is 1.53 bits per heavy atom. The van der Waals surface area contributed by atoms with Crippen molar-refractivity contribution < 1.29 is 13.2 Å². The van der Waals surface area contributed by atoms with Crippen LogP contribution in [0.1, 0.15) is 0 Å². The Kier molecular flexibility index (Phi) is 5.60. The molecule has 2 N–H and O–H groups in total. The SMILES string of the molecule is O=C(Cn1c2ccccc2c(=O)c2ccccc21)Nc1ccc(S(=O)(=O)Nc2nccs2)cc1. The van der Waals surface area contributed by atoms with Crippen LogP contribution >= 0.6 is 11.3 Å². The highest BCUT2D eigenvalue weighted by Gasteiger charge is 2.16. The van der Waals surface area contributed by atoms with Gasteiger partial charge in [-0.2, -0.15) is 0 Å². The molecule has 10 heteroatoms. The number of nitrogens with one attached hydrogen (secondary N) is 2. The van der Waals surface area contributed by atoms with Crippen LogP contribution in [0.2, 0.25) is 0 Å². The molecule has 170 valence electrons. The van der Waals surface area contributed by atoms with Crippen molar-refractivity contribution in [3.8, 4) is 0 Å². The molecule has 8 nitrogen and oxygen atoms in total. The minimum Gasteiger partial charge on any atom is -0.331 e. The molecule has 2 aromatic heterocycles. The lowest BCUT2D eigenvalue weighted by Gasteiger charge is -2.15. The van der Waals surface area contributed by atoms with Gasteiger partial charge in [-0.3, -0.25) is 14.3 Å². The zero-order valence-corrected chi connectivity index (χ0v) is 19.3. The summed E-state index contributed by atoms with van der Waals surface area (Å²) < 4.78 is 29.2. The summed E-state index contributed by atoms with van der Waals surface area (Å²) in [5, 5.41) is 5.82. The molecular formula is C24H18N4O4S2. The Morgan fingerprint density at radius 3 is 2.12 bits per heavy atom. The number of pyridine rings is 1. The molecule has 0 aliphatic heterocycles. The lowest BCUT2D eigenvalue weighted by Crippen LogP contribution is -2.21. The van der Waals surface area contributed by atoms with Gasteiger partial charge in [0.2, 0.25) is 5.91 Å². The fraction of sp³-hybridized carbons (Fsp3) is 0.0417. The monoisotopic (exact) mass is 490 g/mol. The molecule has 0 fully saturated rings. The van der Waals surface area contributed by atoms with Crippen molar-refractivity contribution in [2.24, 2.45) is 0 Å². The molecule has 0 spiro atoms. The molecule has 0 saturated carbocycles. The smallest absolute Gasteiger partial charge is 0.263 e. The lowest BCUT2D eigenvalue weighted by atomic mass is 10.1. The zero-order valence-electron chi connectivity index (χ0n) is 17.6. The standard InChI is InChI=1S/C24H18N4O4S2/c29-22(26-16-9-11-17(12-10-16)34(31,32)27-24-25-13-14-33-24)15-28-20-7-3-1-5-18(20)23(30)19-6-2-4-8-21(19)28/h1-14H,15H2,(H,25,27)(H,26,29). The van der Waals surface area contributed by atoms with E-state index < -0.39 is 10.0 Å². The second-order valence-electron chi connectivity index (χ2n) is 7.46. The van der Waals surface area contributed by atoms with E-state index in [1.807, 2.05) is 24.3 Å². The summed E-state index contributed by atoms with van der Waals surface area (Å²) in [5.74, 6) is -0.310. The van der Waals surface area contributed by atoms with Gasteiger partial charge >= 0.3 is 0 Å². The summed E-state index contributed by atoms with van der Waals surface area (Å²) in [7, 11) is -3.78. The van der Waals surface area contributed by atoms with Crippen molar-refractivity contribution in [3.63, 3.8) is 0 Å². The summed E-state index contributed by atoms with van der Waals surface area (Å²) in [5.41, 5.74) is 1.70. The molecule has 0 saturated heterocycles. The van der Waals surface area contributed by atoms with E-state index in [9.17, 15) is 18.0 Å². The van der Waals surface area contributed by atoms with E-state index in [0.29, 0.717) is 27.5 Å². The Labute approximate surface area is 198 Å². The second-order valence-corrected chi connectivity index (χ2v) is 10.0. The number of aromatic nitrogens is 2. The minimum atomic E-state index is -3.78. The van der Waals surface area contributed by atoms with E-state index in [1.54, 1.807) is 34.2 Å². The number of carbonyl (C=O) groups excluding carboxylic acids is 1. The van der Waals surface area contributed by atoms with Crippen LogP contribution in [-0.4, -0.2) is 23.9 Å². The van der Waals surface area contributed by atoms with E-state index in [2.05, 4.69) is 15.0 Å². The van der Waals surface area contributed by atoms with Crippen LogP contribution in [0.3, 0.4) is 0 Å². The number of para-hydroxylation sites is 2. The first-order chi connectivity index (χ1) is 16.4. The molecule has 5 rings (SSSR count). The first kappa shape index (κ1) is 21.8.